The van der Waals surface area contributed by atoms with Crippen molar-refractivity contribution in [3.8, 4) is 0 Å². The molecule has 6 nitrogen and oxygen atoms in total. The number of nitrogens with two attached hydrogens (primary N) is 2. The number of hydrazine groups is 1. The molecule has 0 unspecified atom stereocenters. The highest BCUT2D eigenvalue weighted by atomic mass is 32.1. The smallest absolute Gasteiger partial charge is 0.275 e. The van der Waals surface area contributed by atoms with Crippen LogP contribution in [0.4, 0.5) is 4.39 Å². The summed E-state index contributed by atoms with van der Waals surface area (Å²) in [6, 6.07) is 4.64. The first-order chi connectivity index (χ1) is 9.93. The molecule has 0 saturated heterocycles. The molecular weight excluding hydrogens is 295 g/mol. The van der Waals surface area contributed by atoms with Crippen LogP contribution < -0.4 is 17.0 Å². The molecule has 2 amide bonds. The predicted molar refractivity (Wildman–Crippen MR) is 79.0 cm³/mol. The van der Waals surface area contributed by atoms with E-state index < -0.39 is 17.6 Å². The number of primary amides is 1. The molecule has 0 spiro atoms. The van der Waals surface area contributed by atoms with Crippen molar-refractivity contribution in [3.63, 3.8) is 0 Å². The molecule has 1 aromatic carbocycles. The lowest BCUT2D eigenvalue weighted by molar-refractivity contribution is -0.118. The lowest BCUT2D eigenvalue weighted by atomic mass is 10.1. The Morgan fingerprint density at radius 2 is 2.14 bits per heavy atom. The quantitative estimate of drug-likeness (QED) is 0.427. The van der Waals surface area contributed by atoms with Gasteiger partial charge in [0.1, 0.15) is 5.82 Å². The lowest BCUT2D eigenvalue weighted by Gasteiger charge is -2.15. The number of hydrogen-bond acceptors (Lipinski definition) is 5. The number of nitrogens with zero attached hydrogens (tertiary/aromatic N) is 1. The maximum Gasteiger partial charge on any atom is 0.275 e. The van der Waals surface area contributed by atoms with Crippen molar-refractivity contribution in [1.29, 1.82) is 0 Å². The summed E-state index contributed by atoms with van der Waals surface area (Å²) in [6.07, 6.45) is 0. The SMILES string of the molecule is CN(CC(N)=O)Cc1c(C(=O)NN)sc2cccc(F)c12. The third-order valence-corrected chi connectivity index (χ3v) is 4.15. The van der Waals surface area contributed by atoms with Gasteiger partial charge in [0.15, 0.2) is 0 Å². The van der Waals surface area contributed by atoms with Crippen molar-refractivity contribution < 1.29 is 14.0 Å². The Balaban J connectivity index is 2.52. The number of rotatable bonds is 5. The summed E-state index contributed by atoms with van der Waals surface area (Å²) < 4.78 is 14.7. The highest BCUT2D eigenvalue weighted by Crippen LogP contribution is 2.33. The van der Waals surface area contributed by atoms with E-state index in [1.165, 1.54) is 6.07 Å². The van der Waals surface area contributed by atoms with Crippen LogP contribution in [0.2, 0.25) is 0 Å². The molecule has 0 aliphatic rings. The Labute approximate surface area is 124 Å². The highest BCUT2D eigenvalue weighted by molar-refractivity contribution is 7.21. The van der Waals surface area contributed by atoms with Crippen LogP contribution in [-0.2, 0) is 11.3 Å². The minimum atomic E-state index is -0.498. The van der Waals surface area contributed by atoms with Gasteiger partial charge in [-0.1, -0.05) is 6.07 Å². The Morgan fingerprint density at radius 3 is 2.76 bits per heavy atom. The molecule has 21 heavy (non-hydrogen) atoms. The van der Waals surface area contributed by atoms with Crippen LogP contribution in [0, 0.1) is 5.82 Å². The minimum absolute atomic E-state index is 0.00940. The molecule has 8 heteroatoms. The number of hydrogen-bond donors (Lipinski definition) is 3. The van der Waals surface area contributed by atoms with Gasteiger partial charge in [0.05, 0.1) is 11.4 Å². The number of amides is 2. The number of benzene rings is 1. The Hall–Kier alpha value is -2.03. The van der Waals surface area contributed by atoms with E-state index in [1.807, 2.05) is 0 Å². The van der Waals surface area contributed by atoms with E-state index in [1.54, 1.807) is 24.1 Å². The third-order valence-electron chi connectivity index (χ3n) is 2.95. The average molecular weight is 310 g/mol. The molecular formula is C13H15FN4O2S. The van der Waals surface area contributed by atoms with E-state index >= 15 is 0 Å². The maximum atomic E-state index is 14.1. The van der Waals surface area contributed by atoms with Crippen LogP contribution in [0.3, 0.4) is 0 Å². The lowest BCUT2D eigenvalue weighted by Crippen LogP contribution is -2.32. The van der Waals surface area contributed by atoms with Crippen molar-refractivity contribution in [2.45, 2.75) is 6.54 Å². The summed E-state index contributed by atoms with van der Waals surface area (Å²) in [5.74, 6) is 3.77. The minimum Gasteiger partial charge on any atom is -0.369 e. The molecule has 0 bridgehead atoms. The van der Waals surface area contributed by atoms with E-state index in [0.717, 1.165) is 11.3 Å². The Morgan fingerprint density at radius 1 is 1.43 bits per heavy atom. The zero-order chi connectivity index (χ0) is 15.6. The Bertz CT molecular complexity index is 701. The molecule has 1 aromatic heterocycles. The zero-order valence-electron chi connectivity index (χ0n) is 11.4. The summed E-state index contributed by atoms with van der Waals surface area (Å²) in [7, 11) is 1.67. The molecule has 112 valence electrons. The predicted octanol–water partition coefficient (Wildman–Crippen LogP) is 0.561. The number of carbonyl (C=O) groups excluding carboxylic acids is 2. The van der Waals surface area contributed by atoms with Crippen LogP contribution >= 0.6 is 11.3 Å². The summed E-state index contributed by atoms with van der Waals surface area (Å²) >= 11 is 1.16. The standard InChI is InChI=1S/C13H15FN4O2S/c1-18(6-10(15)19)5-7-11-8(14)3-2-4-9(11)21-12(7)13(20)17-16/h2-4H,5-6,16H2,1H3,(H2,15,19)(H,17,20). The summed E-state index contributed by atoms with van der Waals surface area (Å²) in [6.45, 7) is 0.224. The first-order valence-corrected chi connectivity index (χ1v) is 6.93. The van der Waals surface area contributed by atoms with Gasteiger partial charge in [0.2, 0.25) is 5.91 Å². The van der Waals surface area contributed by atoms with Crippen LogP contribution in [-0.4, -0.2) is 30.3 Å². The number of fused-ring (bicyclic) bond motifs is 1. The molecule has 2 aromatic rings. The fourth-order valence-electron chi connectivity index (χ4n) is 2.16. The van der Waals surface area contributed by atoms with Gasteiger partial charge < -0.3 is 5.73 Å². The molecule has 0 radical (unpaired) electrons. The fourth-order valence-corrected chi connectivity index (χ4v) is 3.29. The van der Waals surface area contributed by atoms with Crippen molar-refractivity contribution in [2.24, 2.45) is 11.6 Å². The zero-order valence-corrected chi connectivity index (χ0v) is 12.2. The van der Waals surface area contributed by atoms with Crippen molar-refractivity contribution >= 4 is 33.2 Å². The van der Waals surface area contributed by atoms with E-state index in [-0.39, 0.29) is 13.1 Å². The molecule has 2 rings (SSSR count). The largest absolute Gasteiger partial charge is 0.369 e. The van der Waals surface area contributed by atoms with Gasteiger partial charge in [0.25, 0.3) is 5.91 Å². The maximum absolute atomic E-state index is 14.1. The van der Waals surface area contributed by atoms with Crippen LogP contribution in [0.5, 0.6) is 0 Å². The summed E-state index contributed by atoms with van der Waals surface area (Å²) in [5, 5.41) is 0.373. The molecule has 0 atom stereocenters. The van der Waals surface area contributed by atoms with Gasteiger partial charge in [0, 0.05) is 22.2 Å². The number of likely N-dealkylation sites (N-methyl/N-ethyl adjacent to an activating group) is 1. The van der Waals surface area contributed by atoms with E-state index in [9.17, 15) is 14.0 Å². The average Bonchev–Trinajstić information content (AvgIpc) is 2.77. The third kappa shape index (κ3) is 3.18. The molecule has 0 aliphatic carbocycles. The van der Waals surface area contributed by atoms with Crippen molar-refractivity contribution in [1.82, 2.24) is 10.3 Å². The molecule has 1 heterocycles. The van der Waals surface area contributed by atoms with E-state index in [2.05, 4.69) is 5.43 Å². The number of thiophene rings is 1. The van der Waals surface area contributed by atoms with Gasteiger partial charge in [-0.3, -0.25) is 19.9 Å². The topological polar surface area (TPSA) is 101 Å². The van der Waals surface area contributed by atoms with Crippen molar-refractivity contribution in [3.05, 3.63) is 34.5 Å². The van der Waals surface area contributed by atoms with Crippen LogP contribution in [0.25, 0.3) is 10.1 Å². The number of halogens is 1. The normalized spacial score (nSPS) is 11.0. The van der Waals surface area contributed by atoms with Gasteiger partial charge >= 0.3 is 0 Å². The highest BCUT2D eigenvalue weighted by Gasteiger charge is 2.21. The molecule has 0 aliphatic heterocycles. The molecule has 0 saturated carbocycles. The Kier molecular flexibility index (Phi) is 4.51. The van der Waals surface area contributed by atoms with Crippen LogP contribution in [0.1, 0.15) is 15.2 Å². The number of carbonyl (C=O) groups is 2. The summed E-state index contributed by atoms with van der Waals surface area (Å²) in [4.78, 5) is 24.8. The van der Waals surface area contributed by atoms with Gasteiger partial charge in [-0.2, -0.15) is 0 Å². The van der Waals surface area contributed by atoms with Crippen LogP contribution in [0.15, 0.2) is 18.2 Å². The van der Waals surface area contributed by atoms with Gasteiger partial charge in [-0.05, 0) is 19.2 Å². The van der Waals surface area contributed by atoms with E-state index in [0.29, 0.717) is 20.5 Å². The van der Waals surface area contributed by atoms with Gasteiger partial charge in [-0.25, -0.2) is 10.2 Å². The van der Waals surface area contributed by atoms with E-state index in [4.69, 9.17) is 11.6 Å². The molecule has 5 N–H and O–H groups in total. The first-order valence-electron chi connectivity index (χ1n) is 6.11. The fraction of sp³-hybridized carbons (Fsp3) is 0.231. The molecule has 0 fully saturated rings. The second kappa shape index (κ2) is 6.17. The second-order valence-electron chi connectivity index (χ2n) is 4.63. The summed E-state index contributed by atoms with van der Waals surface area (Å²) in [5.41, 5.74) is 7.69. The monoisotopic (exact) mass is 310 g/mol. The van der Waals surface area contributed by atoms with Crippen molar-refractivity contribution in [2.75, 3.05) is 13.6 Å². The first kappa shape index (κ1) is 15.4. The second-order valence-corrected chi connectivity index (χ2v) is 5.69. The van der Waals surface area contributed by atoms with Gasteiger partial charge in [-0.15, -0.1) is 11.3 Å². The number of nitrogen functional groups attached to an aromatic ring is 1. The number of nitrogens with one attached hydrogen (secondary N) is 1.